The van der Waals surface area contributed by atoms with Gasteiger partial charge in [-0.05, 0) is 11.8 Å². The summed E-state index contributed by atoms with van der Waals surface area (Å²) < 4.78 is 0.440. The van der Waals surface area contributed by atoms with Gasteiger partial charge < -0.3 is 0 Å². The van der Waals surface area contributed by atoms with Gasteiger partial charge in [0.2, 0.25) is 0 Å². The van der Waals surface area contributed by atoms with Gasteiger partial charge in [-0.2, -0.15) is 47.0 Å². The molecule has 0 amide bonds. The summed E-state index contributed by atoms with van der Waals surface area (Å²) in [4.78, 5) is 0. The molecular formula is C14H26S4. The quantitative estimate of drug-likeness (QED) is 0.639. The SMILES string of the molecule is CC(C)(CC(C)(C)C1CSCCS1)SCC1CS1. The second kappa shape index (κ2) is 6.44. The van der Waals surface area contributed by atoms with E-state index < -0.39 is 0 Å². The Morgan fingerprint density at radius 3 is 2.33 bits per heavy atom. The van der Waals surface area contributed by atoms with Crippen LogP contribution in [0.1, 0.15) is 34.1 Å². The molecule has 0 aromatic heterocycles. The molecule has 2 unspecified atom stereocenters. The van der Waals surface area contributed by atoms with Crippen molar-refractivity contribution in [3.05, 3.63) is 0 Å². The molecule has 0 aliphatic carbocycles. The Hall–Kier alpha value is 1.40. The first-order valence-electron chi connectivity index (χ1n) is 6.84. The van der Waals surface area contributed by atoms with Gasteiger partial charge in [-0.1, -0.05) is 27.7 Å². The lowest BCUT2D eigenvalue weighted by Gasteiger charge is -2.41. The van der Waals surface area contributed by atoms with Crippen LogP contribution in [0.5, 0.6) is 0 Å². The van der Waals surface area contributed by atoms with Crippen molar-refractivity contribution in [3.8, 4) is 0 Å². The summed E-state index contributed by atoms with van der Waals surface area (Å²) in [6.07, 6.45) is 1.35. The second-order valence-corrected chi connectivity index (χ2v) is 12.1. The minimum Gasteiger partial charge on any atom is -0.160 e. The lowest BCUT2D eigenvalue weighted by Crippen LogP contribution is -2.37. The van der Waals surface area contributed by atoms with Crippen LogP contribution >= 0.6 is 47.0 Å². The number of hydrogen-bond donors (Lipinski definition) is 0. The molecule has 0 aromatic rings. The monoisotopic (exact) mass is 322 g/mol. The van der Waals surface area contributed by atoms with Crippen molar-refractivity contribution >= 4 is 47.0 Å². The zero-order valence-electron chi connectivity index (χ0n) is 12.0. The van der Waals surface area contributed by atoms with E-state index in [1.165, 1.54) is 35.2 Å². The lowest BCUT2D eigenvalue weighted by atomic mass is 9.81. The Bertz CT molecular complexity index is 265. The van der Waals surface area contributed by atoms with Gasteiger partial charge in [0.25, 0.3) is 0 Å². The normalized spacial score (nSPS) is 29.3. The molecule has 0 radical (unpaired) electrons. The van der Waals surface area contributed by atoms with Crippen LogP contribution in [-0.4, -0.2) is 44.0 Å². The highest BCUT2D eigenvalue weighted by Gasteiger charge is 2.37. The topological polar surface area (TPSA) is 0 Å². The molecule has 2 aliphatic heterocycles. The van der Waals surface area contributed by atoms with Gasteiger partial charge in [0.05, 0.1) is 0 Å². The first kappa shape index (κ1) is 15.8. The van der Waals surface area contributed by atoms with E-state index >= 15 is 0 Å². The summed E-state index contributed by atoms with van der Waals surface area (Å²) in [7, 11) is 0. The van der Waals surface area contributed by atoms with E-state index in [1.807, 2.05) is 0 Å². The largest absolute Gasteiger partial charge is 0.160 e. The minimum atomic E-state index is 0.440. The maximum absolute atomic E-state index is 2.49. The van der Waals surface area contributed by atoms with Crippen molar-refractivity contribution in [1.29, 1.82) is 0 Å². The number of hydrogen-bond acceptors (Lipinski definition) is 4. The minimum absolute atomic E-state index is 0.440. The van der Waals surface area contributed by atoms with Crippen LogP contribution in [0, 0.1) is 5.41 Å². The zero-order chi connectivity index (χ0) is 13.2. The number of rotatable bonds is 6. The molecule has 2 aliphatic rings. The molecule has 2 rings (SSSR count). The molecule has 2 saturated heterocycles. The predicted molar refractivity (Wildman–Crippen MR) is 94.8 cm³/mol. The molecule has 0 nitrogen and oxygen atoms in total. The summed E-state index contributed by atoms with van der Waals surface area (Å²) in [5, 5.41) is 1.82. The van der Waals surface area contributed by atoms with E-state index in [-0.39, 0.29) is 0 Å². The first-order valence-corrected chi connectivity index (χ1v) is 11.1. The van der Waals surface area contributed by atoms with E-state index in [0.717, 1.165) is 10.5 Å². The van der Waals surface area contributed by atoms with Crippen molar-refractivity contribution < 1.29 is 0 Å². The smallest absolute Gasteiger partial charge is 0.0229 e. The number of thioether (sulfide) groups is 4. The summed E-state index contributed by atoms with van der Waals surface area (Å²) in [6.45, 7) is 9.88. The Morgan fingerprint density at radius 2 is 1.78 bits per heavy atom. The van der Waals surface area contributed by atoms with Gasteiger partial charge in [0.1, 0.15) is 0 Å². The van der Waals surface area contributed by atoms with Crippen molar-refractivity contribution in [2.75, 3.05) is 28.8 Å². The van der Waals surface area contributed by atoms with Crippen molar-refractivity contribution in [3.63, 3.8) is 0 Å². The van der Waals surface area contributed by atoms with Crippen LogP contribution in [0.4, 0.5) is 0 Å². The van der Waals surface area contributed by atoms with E-state index in [0.29, 0.717) is 10.2 Å². The van der Waals surface area contributed by atoms with Gasteiger partial charge in [-0.15, -0.1) is 0 Å². The molecule has 0 N–H and O–H groups in total. The Kier molecular flexibility index (Phi) is 5.65. The summed E-state index contributed by atoms with van der Waals surface area (Å²) in [5.74, 6) is 6.83. The maximum atomic E-state index is 2.49. The summed E-state index contributed by atoms with van der Waals surface area (Å²) in [6, 6.07) is 0. The van der Waals surface area contributed by atoms with E-state index in [1.54, 1.807) is 0 Å². The summed E-state index contributed by atoms with van der Waals surface area (Å²) in [5.41, 5.74) is 0.477. The molecule has 0 saturated carbocycles. The van der Waals surface area contributed by atoms with Crippen LogP contribution in [0.15, 0.2) is 0 Å². The highest BCUT2D eigenvalue weighted by molar-refractivity contribution is 8.09. The average Bonchev–Trinajstić information content (AvgIpc) is 3.10. The third-order valence-corrected chi connectivity index (χ3v) is 9.49. The molecule has 0 bridgehead atoms. The standard InChI is InChI=1S/C14H26S4/c1-13(2,12-9-15-5-6-16-12)10-14(3,4)18-8-11-7-17-11/h11-12H,5-10H2,1-4H3. The highest BCUT2D eigenvalue weighted by atomic mass is 32.2. The Balaban J connectivity index is 1.83. The fourth-order valence-corrected chi connectivity index (χ4v) is 8.09. The van der Waals surface area contributed by atoms with Gasteiger partial charge >= 0.3 is 0 Å². The molecular weight excluding hydrogens is 296 g/mol. The third kappa shape index (κ3) is 5.06. The summed E-state index contributed by atoms with van der Waals surface area (Å²) >= 11 is 8.70. The van der Waals surface area contributed by atoms with Crippen molar-refractivity contribution in [1.82, 2.24) is 0 Å². The third-order valence-electron chi connectivity index (χ3n) is 3.63. The van der Waals surface area contributed by atoms with Crippen LogP contribution in [-0.2, 0) is 0 Å². The Labute approximate surface area is 130 Å². The van der Waals surface area contributed by atoms with Gasteiger partial charge in [0, 0.05) is 44.0 Å². The van der Waals surface area contributed by atoms with Gasteiger partial charge in [-0.3, -0.25) is 0 Å². The molecule has 2 atom stereocenters. The van der Waals surface area contributed by atoms with Gasteiger partial charge in [-0.25, -0.2) is 0 Å². The van der Waals surface area contributed by atoms with Gasteiger partial charge in [0.15, 0.2) is 0 Å². The molecule has 0 aromatic carbocycles. The zero-order valence-corrected chi connectivity index (χ0v) is 15.3. The van der Waals surface area contributed by atoms with Crippen LogP contribution in [0.25, 0.3) is 0 Å². The van der Waals surface area contributed by atoms with E-state index in [9.17, 15) is 0 Å². The van der Waals surface area contributed by atoms with Crippen LogP contribution < -0.4 is 0 Å². The Morgan fingerprint density at radius 1 is 1.06 bits per heavy atom. The van der Waals surface area contributed by atoms with E-state index in [4.69, 9.17) is 0 Å². The lowest BCUT2D eigenvalue weighted by molar-refractivity contribution is 0.304. The molecule has 2 fully saturated rings. The average molecular weight is 323 g/mol. The first-order chi connectivity index (χ1) is 8.39. The highest BCUT2D eigenvalue weighted by Crippen LogP contribution is 2.46. The van der Waals surface area contributed by atoms with E-state index in [2.05, 4.69) is 74.7 Å². The predicted octanol–water partition coefficient (Wildman–Crippen LogP) is 4.88. The fraction of sp³-hybridized carbons (Fsp3) is 1.00. The molecule has 4 heteroatoms. The van der Waals surface area contributed by atoms with Crippen LogP contribution in [0.3, 0.4) is 0 Å². The molecule has 106 valence electrons. The molecule has 0 spiro atoms. The van der Waals surface area contributed by atoms with Crippen molar-refractivity contribution in [2.45, 2.75) is 49.4 Å². The molecule has 18 heavy (non-hydrogen) atoms. The van der Waals surface area contributed by atoms with Crippen LogP contribution in [0.2, 0.25) is 0 Å². The van der Waals surface area contributed by atoms with Crippen molar-refractivity contribution in [2.24, 2.45) is 5.41 Å². The molecule has 2 heterocycles. The maximum Gasteiger partial charge on any atom is 0.0229 e. The fourth-order valence-electron chi connectivity index (χ4n) is 2.68. The second-order valence-electron chi connectivity index (χ2n) is 6.63.